The highest BCUT2D eigenvalue weighted by molar-refractivity contribution is 5.94. The maximum Gasteiger partial charge on any atom is 0.254 e. The third kappa shape index (κ3) is 3.50. The molecule has 1 aromatic carbocycles. The van der Waals surface area contributed by atoms with E-state index in [1.165, 1.54) is 7.05 Å². The summed E-state index contributed by atoms with van der Waals surface area (Å²) >= 11 is 0. The van der Waals surface area contributed by atoms with Crippen LogP contribution in [0.3, 0.4) is 0 Å². The number of anilines is 1. The molecule has 0 aromatic heterocycles. The average Bonchev–Trinajstić information content (AvgIpc) is 2.47. The smallest absolute Gasteiger partial charge is 0.254 e. The highest BCUT2D eigenvalue weighted by Gasteiger charge is 2.23. The molecule has 1 saturated heterocycles. The van der Waals surface area contributed by atoms with Gasteiger partial charge >= 0.3 is 0 Å². The number of amides is 1. The summed E-state index contributed by atoms with van der Waals surface area (Å²) in [7, 11) is 1.44. The molecular formula is C15H21F2N3O. The standard InChI is InChI=1S/C15H21F2N3O/c1-3-4-19-5-7-20(8-6-19)15(21)11-9-12(16)14(18-2)13(17)10-11/h9-10,18H,3-8H2,1-2H3. The van der Waals surface area contributed by atoms with Gasteiger partial charge in [0, 0.05) is 38.8 Å². The zero-order chi connectivity index (χ0) is 15.4. The molecular weight excluding hydrogens is 276 g/mol. The quantitative estimate of drug-likeness (QED) is 0.925. The summed E-state index contributed by atoms with van der Waals surface area (Å²) in [5, 5.41) is 2.45. The van der Waals surface area contributed by atoms with Gasteiger partial charge in [-0.3, -0.25) is 9.69 Å². The van der Waals surface area contributed by atoms with Gasteiger partial charge in [0.05, 0.1) is 0 Å². The molecule has 6 heteroatoms. The van der Waals surface area contributed by atoms with Gasteiger partial charge in [-0.05, 0) is 25.1 Å². The molecule has 0 bridgehead atoms. The first-order chi connectivity index (χ1) is 10.1. The Kier molecular flexibility index (Phi) is 5.12. The molecule has 2 rings (SSSR count). The maximum absolute atomic E-state index is 13.7. The largest absolute Gasteiger partial charge is 0.383 e. The molecule has 1 fully saturated rings. The SMILES string of the molecule is CCCN1CCN(C(=O)c2cc(F)c(NC)c(F)c2)CC1. The second kappa shape index (κ2) is 6.85. The molecule has 1 aliphatic rings. The van der Waals surface area contributed by atoms with Crippen molar-refractivity contribution < 1.29 is 13.6 Å². The lowest BCUT2D eigenvalue weighted by Gasteiger charge is -2.34. The Hall–Kier alpha value is -1.69. The molecule has 116 valence electrons. The van der Waals surface area contributed by atoms with Crippen molar-refractivity contribution in [2.24, 2.45) is 0 Å². The molecule has 0 aliphatic carbocycles. The van der Waals surface area contributed by atoms with Crippen molar-refractivity contribution >= 4 is 11.6 Å². The highest BCUT2D eigenvalue weighted by atomic mass is 19.1. The summed E-state index contributed by atoms with van der Waals surface area (Å²) in [5.74, 6) is -1.80. The first-order valence-corrected chi connectivity index (χ1v) is 7.25. The van der Waals surface area contributed by atoms with Crippen molar-refractivity contribution in [3.63, 3.8) is 0 Å². The number of carbonyl (C=O) groups is 1. The van der Waals surface area contributed by atoms with Crippen LogP contribution in [0.4, 0.5) is 14.5 Å². The first-order valence-electron chi connectivity index (χ1n) is 7.25. The third-order valence-electron chi connectivity index (χ3n) is 3.74. The predicted molar refractivity (Wildman–Crippen MR) is 78.5 cm³/mol. The monoisotopic (exact) mass is 297 g/mol. The van der Waals surface area contributed by atoms with Crippen molar-refractivity contribution in [1.82, 2.24) is 9.80 Å². The van der Waals surface area contributed by atoms with Crippen molar-refractivity contribution in [1.29, 1.82) is 0 Å². The Morgan fingerprint density at radius 1 is 1.19 bits per heavy atom. The van der Waals surface area contributed by atoms with E-state index in [0.29, 0.717) is 13.1 Å². The number of hydrogen-bond acceptors (Lipinski definition) is 3. The number of halogens is 2. The van der Waals surface area contributed by atoms with Gasteiger partial charge < -0.3 is 10.2 Å². The maximum atomic E-state index is 13.7. The van der Waals surface area contributed by atoms with Gasteiger partial charge in [0.2, 0.25) is 0 Å². The van der Waals surface area contributed by atoms with Crippen LogP contribution >= 0.6 is 0 Å². The Morgan fingerprint density at radius 2 is 1.76 bits per heavy atom. The molecule has 0 atom stereocenters. The molecule has 0 unspecified atom stereocenters. The van der Waals surface area contributed by atoms with Gasteiger partial charge in [-0.25, -0.2) is 8.78 Å². The minimum Gasteiger partial charge on any atom is -0.383 e. The van der Waals surface area contributed by atoms with Crippen LogP contribution in [0.5, 0.6) is 0 Å². The van der Waals surface area contributed by atoms with Crippen LogP contribution in [0.2, 0.25) is 0 Å². The van der Waals surface area contributed by atoms with Gasteiger partial charge in [-0.1, -0.05) is 6.92 Å². The molecule has 1 N–H and O–H groups in total. The molecule has 1 aliphatic heterocycles. The Morgan fingerprint density at radius 3 is 2.24 bits per heavy atom. The van der Waals surface area contributed by atoms with Crippen molar-refractivity contribution in [2.45, 2.75) is 13.3 Å². The van der Waals surface area contributed by atoms with Crippen molar-refractivity contribution in [3.8, 4) is 0 Å². The number of nitrogens with one attached hydrogen (secondary N) is 1. The fourth-order valence-corrected chi connectivity index (χ4v) is 2.61. The van der Waals surface area contributed by atoms with E-state index in [9.17, 15) is 13.6 Å². The highest BCUT2D eigenvalue weighted by Crippen LogP contribution is 2.21. The summed E-state index contributed by atoms with van der Waals surface area (Å²) in [6.07, 6.45) is 1.08. The third-order valence-corrected chi connectivity index (χ3v) is 3.74. The molecule has 0 radical (unpaired) electrons. The fraction of sp³-hybridized carbons (Fsp3) is 0.533. The van der Waals surface area contributed by atoms with Crippen LogP contribution in [0.15, 0.2) is 12.1 Å². The van der Waals surface area contributed by atoms with Gasteiger partial charge in [0.15, 0.2) is 0 Å². The number of rotatable bonds is 4. The zero-order valence-corrected chi connectivity index (χ0v) is 12.5. The van der Waals surface area contributed by atoms with Crippen LogP contribution in [0.1, 0.15) is 23.7 Å². The summed E-state index contributed by atoms with van der Waals surface area (Å²) in [6.45, 7) is 5.93. The predicted octanol–water partition coefficient (Wildman–Crippen LogP) is 2.17. The van der Waals surface area contributed by atoms with E-state index in [1.807, 2.05) is 0 Å². The molecule has 1 amide bonds. The second-order valence-corrected chi connectivity index (χ2v) is 5.20. The summed E-state index contributed by atoms with van der Waals surface area (Å²) in [4.78, 5) is 16.3. The molecule has 1 aromatic rings. The lowest BCUT2D eigenvalue weighted by molar-refractivity contribution is 0.0636. The Labute approximate surface area is 123 Å². The number of piperazine rings is 1. The normalized spacial score (nSPS) is 16.1. The van der Waals surface area contributed by atoms with Gasteiger partial charge in [0.1, 0.15) is 17.3 Å². The van der Waals surface area contributed by atoms with E-state index < -0.39 is 11.6 Å². The minimum atomic E-state index is -0.745. The number of hydrogen-bond donors (Lipinski definition) is 1. The van der Waals surface area contributed by atoms with Crippen molar-refractivity contribution in [2.75, 3.05) is 45.1 Å². The number of carbonyl (C=O) groups excluding carboxylic acids is 1. The number of benzene rings is 1. The van der Waals surface area contributed by atoms with Crippen LogP contribution in [0, 0.1) is 11.6 Å². The molecule has 0 saturated carbocycles. The first kappa shape index (κ1) is 15.7. The van der Waals surface area contributed by atoms with Crippen LogP contribution in [-0.4, -0.2) is 55.5 Å². The van der Waals surface area contributed by atoms with E-state index in [2.05, 4.69) is 17.1 Å². The second-order valence-electron chi connectivity index (χ2n) is 5.20. The van der Waals surface area contributed by atoms with Crippen LogP contribution < -0.4 is 5.32 Å². The summed E-state index contributed by atoms with van der Waals surface area (Å²) in [6, 6.07) is 2.19. The van der Waals surface area contributed by atoms with E-state index in [4.69, 9.17) is 0 Å². The van der Waals surface area contributed by atoms with E-state index in [0.717, 1.165) is 38.2 Å². The average molecular weight is 297 g/mol. The molecule has 0 spiro atoms. The Balaban J connectivity index is 2.07. The lowest BCUT2D eigenvalue weighted by Crippen LogP contribution is -2.48. The number of nitrogens with zero attached hydrogens (tertiary/aromatic N) is 2. The van der Waals surface area contributed by atoms with Gasteiger partial charge in [0.25, 0.3) is 5.91 Å². The topological polar surface area (TPSA) is 35.6 Å². The van der Waals surface area contributed by atoms with E-state index in [-0.39, 0.29) is 17.2 Å². The Bertz CT molecular complexity index is 491. The summed E-state index contributed by atoms with van der Waals surface area (Å²) < 4.78 is 27.4. The molecule has 4 nitrogen and oxygen atoms in total. The van der Waals surface area contributed by atoms with Crippen LogP contribution in [-0.2, 0) is 0 Å². The lowest BCUT2D eigenvalue weighted by atomic mass is 10.1. The minimum absolute atomic E-state index is 0.0629. The van der Waals surface area contributed by atoms with Gasteiger partial charge in [-0.15, -0.1) is 0 Å². The van der Waals surface area contributed by atoms with E-state index >= 15 is 0 Å². The van der Waals surface area contributed by atoms with E-state index in [1.54, 1.807) is 4.90 Å². The summed E-state index contributed by atoms with van der Waals surface area (Å²) in [5.41, 5.74) is -0.146. The molecule has 21 heavy (non-hydrogen) atoms. The van der Waals surface area contributed by atoms with Crippen molar-refractivity contribution in [3.05, 3.63) is 29.3 Å². The fourth-order valence-electron chi connectivity index (χ4n) is 2.61. The molecule has 1 heterocycles. The van der Waals surface area contributed by atoms with Crippen LogP contribution in [0.25, 0.3) is 0 Å². The zero-order valence-electron chi connectivity index (χ0n) is 12.5. The van der Waals surface area contributed by atoms with Gasteiger partial charge in [-0.2, -0.15) is 0 Å².